The minimum absolute atomic E-state index is 0.600. The predicted octanol–water partition coefficient (Wildman–Crippen LogP) is 3.09. The molecule has 0 aromatic heterocycles. The Labute approximate surface area is 83.7 Å². The van der Waals surface area contributed by atoms with Gasteiger partial charge in [-0.2, -0.15) is 5.26 Å². The molecule has 0 amide bonds. The van der Waals surface area contributed by atoms with Gasteiger partial charge in [0.05, 0.1) is 11.6 Å². The fourth-order valence-corrected chi connectivity index (χ4v) is 2.81. The zero-order valence-electron chi connectivity index (χ0n) is 8.12. The van der Waals surface area contributed by atoms with Gasteiger partial charge in [-0.3, -0.25) is 0 Å². The highest BCUT2D eigenvalue weighted by Crippen LogP contribution is 2.52. The lowest BCUT2D eigenvalue weighted by Gasteiger charge is -2.13. The average molecular weight is 181 g/mol. The highest BCUT2D eigenvalue weighted by atomic mass is 14.4. The summed E-state index contributed by atoms with van der Waals surface area (Å²) in [5.41, 5.74) is 5.12. The van der Waals surface area contributed by atoms with Gasteiger partial charge in [-0.05, 0) is 36.6 Å². The molecule has 3 rings (SSSR count). The highest BCUT2D eigenvalue weighted by molar-refractivity contribution is 5.53. The van der Waals surface area contributed by atoms with E-state index in [1.807, 2.05) is 6.07 Å². The van der Waals surface area contributed by atoms with Crippen LogP contribution >= 0.6 is 0 Å². The van der Waals surface area contributed by atoms with E-state index >= 15 is 0 Å². The predicted molar refractivity (Wildman–Crippen MR) is 55.0 cm³/mol. The Bertz CT molecular complexity index is 476. The summed E-state index contributed by atoms with van der Waals surface area (Å²) in [6.07, 6.45) is 3.61. The number of hydrogen-bond acceptors (Lipinski definition) is 1. The lowest BCUT2D eigenvalue weighted by molar-refractivity contribution is 0.785. The van der Waals surface area contributed by atoms with Gasteiger partial charge in [-0.1, -0.05) is 17.7 Å². The van der Waals surface area contributed by atoms with E-state index in [2.05, 4.69) is 31.2 Å². The minimum atomic E-state index is 0.600. The van der Waals surface area contributed by atoms with E-state index in [1.165, 1.54) is 23.1 Å². The molecular formula is C13H11N. The van der Waals surface area contributed by atoms with Crippen LogP contribution in [0.1, 0.15) is 41.9 Å². The van der Waals surface area contributed by atoms with Gasteiger partial charge in [0, 0.05) is 11.8 Å². The maximum absolute atomic E-state index is 8.84. The Morgan fingerprint density at radius 3 is 3.00 bits per heavy atom. The Morgan fingerprint density at radius 2 is 2.21 bits per heavy atom. The van der Waals surface area contributed by atoms with Crippen molar-refractivity contribution in [2.24, 2.45) is 0 Å². The second kappa shape index (κ2) is 2.48. The second-order valence-corrected chi connectivity index (χ2v) is 4.26. The molecule has 0 aliphatic heterocycles. The quantitative estimate of drug-likeness (QED) is 0.564. The molecule has 1 nitrogen and oxygen atoms in total. The second-order valence-electron chi connectivity index (χ2n) is 4.26. The van der Waals surface area contributed by atoms with Gasteiger partial charge in [0.25, 0.3) is 0 Å². The van der Waals surface area contributed by atoms with Crippen LogP contribution in [-0.2, 0) is 0 Å². The number of benzene rings is 1. The third-order valence-electron chi connectivity index (χ3n) is 3.49. The van der Waals surface area contributed by atoms with Gasteiger partial charge < -0.3 is 0 Å². The standard InChI is InChI=1S/C13H11N/c1-8-4-10-6-12(8)13-5-9(7-14)2-3-11(10)13/h2-5,10,12H,6H2,1H3. The molecule has 1 aromatic rings. The molecule has 0 saturated heterocycles. The summed E-state index contributed by atoms with van der Waals surface area (Å²) in [7, 11) is 0. The molecule has 2 unspecified atom stereocenters. The number of nitrogens with zero attached hydrogens (tertiary/aromatic N) is 1. The molecule has 0 fully saturated rings. The molecular weight excluding hydrogens is 170 g/mol. The first-order valence-corrected chi connectivity index (χ1v) is 5.02. The van der Waals surface area contributed by atoms with Crippen LogP contribution in [0.25, 0.3) is 0 Å². The SMILES string of the molecule is CC1=CC2CC1c1cc(C#N)ccc12. The van der Waals surface area contributed by atoms with E-state index in [9.17, 15) is 0 Å². The maximum atomic E-state index is 8.84. The highest BCUT2D eigenvalue weighted by Gasteiger charge is 2.35. The van der Waals surface area contributed by atoms with E-state index in [0.717, 1.165) is 5.56 Å². The zero-order valence-corrected chi connectivity index (χ0v) is 8.12. The molecule has 14 heavy (non-hydrogen) atoms. The average Bonchev–Trinajstić information content (AvgIpc) is 2.74. The van der Waals surface area contributed by atoms with Crippen molar-refractivity contribution in [2.45, 2.75) is 25.2 Å². The molecule has 0 N–H and O–H groups in total. The van der Waals surface area contributed by atoms with Gasteiger partial charge in [0.1, 0.15) is 0 Å². The van der Waals surface area contributed by atoms with Crippen LogP contribution in [0.3, 0.4) is 0 Å². The molecule has 0 saturated carbocycles. The fourth-order valence-electron chi connectivity index (χ4n) is 2.81. The molecule has 1 heteroatoms. The molecule has 2 aliphatic rings. The monoisotopic (exact) mass is 181 g/mol. The fraction of sp³-hybridized carbons (Fsp3) is 0.308. The number of rotatable bonds is 0. The first-order valence-electron chi connectivity index (χ1n) is 5.02. The maximum Gasteiger partial charge on any atom is 0.0991 e. The Kier molecular flexibility index (Phi) is 1.39. The van der Waals surface area contributed by atoms with Crippen molar-refractivity contribution in [1.82, 2.24) is 0 Å². The lowest BCUT2D eigenvalue weighted by Crippen LogP contribution is -1.97. The van der Waals surface area contributed by atoms with Crippen molar-refractivity contribution >= 4 is 0 Å². The third kappa shape index (κ3) is 0.834. The molecule has 0 heterocycles. The van der Waals surface area contributed by atoms with Crippen LogP contribution in [0.4, 0.5) is 0 Å². The van der Waals surface area contributed by atoms with E-state index in [0.29, 0.717) is 11.8 Å². The van der Waals surface area contributed by atoms with Crippen LogP contribution in [0.2, 0.25) is 0 Å². The minimum Gasteiger partial charge on any atom is -0.192 e. The van der Waals surface area contributed by atoms with Gasteiger partial charge in [0.2, 0.25) is 0 Å². The Morgan fingerprint density at radius 1 is 1.36 bits per heavy atom. The summed E-state index contributed by atoms with van der Waals surface area (Å²) >= 11 is 0. The van der Waals surface area contributed by atoms with Crippen molar-refractivity contribution in [1.29, 1.82) is 5.26 Å². The number of fused-ring (bicyclic) bond motifs is 5. The Balaban J connectivity index is 2.19. The first kappa shape index (κ1) is 7.82. The molecule has 1 aromatic carbocycles. The van der Waals surface area contributed by atoms with Crippen LogP contribution in [0.15, 0.2) is 29.8 Å². The van der Waals surface area contributed by atoms with Crippen LogP contribution < -0.4 is 0 Å². The summed E-state index contributed by atoms with van der Waals surface area (Å²) in [6, 6.07) is 8.34. The molecule has 2 aliphatic carbocycles. The first-order chi connectivity index (χ1) is 6.79. The van der Waals surface area contributed by atoms with Crippen LogP contribution in [-0.4, -0.2) is 0 Å². The summed E-state index contributed by atoms with van der Waals surface area (Å²) < 4.78 is 0. The Hall–Kier alpha value is -1.55. The molecule has 0 radical (unpaired) electrons. The van der Waals surface area contributed by atoms with Crippen molar-refractivity contribution < 1.29 is 0 Å². The number of nitriles is 1. The molecule has 2 atom stereocenters. The van der Waals surface area contributed by atoms with Gasteiger partial charge >= 0.3 is 0 Å². The largest absolute Gasteiger partial charge is 0.192 e. The van der Waals surface area contributed by atoms with E-state index < -0.39 is 0 Å². The zero-order chi connectivity index (χ0) is 9.71. The van der Waals surface area contributed by atoms with E-state index in [4.69, 9.17) is 5.26 Å². The third-order valence-corrected chi connectivity index (χ3v) is 3.49. The summed E-state index contributed by atoms with van der Waals surface area (Å²) in [5, 5.41) is 8.84. The van der Waals surface area contributed by atoms with Crippen LogP contribution in [0.5, 0.6) is 0 Å². The molecule has 0 spiro atoms. The van der Waals surface area contributed by atoms with Gasteiger partial charge in [-0.25, -0.2) is 0 Å². The van der Waals surface area contributed by atoms with Crippen molar-refractivity contribution in [3.05, 3.63) is 46.5 Å². The van der Waals surface area contributed by atoms with Crippen molar-refractivity contribution in [2.75, 3.05) is 0 Å². The van der Waals surface area contributed by atoms with Gasteiger partial charge in [-0.15, -0.1) is 0 Å². The van der Waals surface area contributed by atoms with E-state index in [1.54, 1.807) is 0 Å². The number of hydrogen-bond donors (Lipinski definition) is 0. The van der Waals surface area contributed by atoms with Gasteiger partial charge in [0.15, 0.2) is 0 Å². The smallest absolute Gasteiger partial charge is 0.0991 e. The topological polar surface area (TPSA) is 23.8 Å². The van der Waals surface area contributed by atoms with Crippen LogP contribution in [0, 0.1) is 11.3 Å². The van der Waals surface area contributed by atoms with Crippen molar-refractivity contribution in [3.8, 4) is 6.07 Å². The summed E-state index contributed by atoms with van der Waals surface area (Å²) in [4.78, 5) is 0. The summed E-state index contributed by atoms with van der Waals surface area (Å²) in [6.45, 7) is 2.20. The molecule has 68 valence electrons. The molecule has 2 bridgehead atoms. The lowest BCUT2D eigenvalue weighted by atomic mass is 9.91. The van der Waals surface area contributed by atoms with E-state index in [-0.39, 0.29) is 0 Å². The normalized spacial score (nSPS) is 27.0. The number of allylic oxidation sites excluding steroid dienone is 2. The summed E-state index contributed by atoms with van der Waals surface area (Å²) in [5.74, 6) is 1.23. The van der Waals surface area contributed by atoms with Crippen molar-refractivity contribution in [3.63, 3.8) is 0 Å².